The highest BCUT2D eigenvalue weighted by Crippen LogP contribution is 2.24. The molecule has 0 unspecified atom stereocenters. The van der Waals surface area contributed by atoms with E-state index in [1.807, 2.05) is 0 Å². The number of nitrogens with one attached hydrogen (secondary N) is 1. The molecule has 1 amide bonds. The van der Waals surface area contributed by atoms with Crippen molar-refractivity contribution in [3.63, 3.8) is 0 Å². The molecule has 0 radical (unpaired) electrons. The number of carboxylic acid groups (broad SMARTS) is 1. The Hall–Kier alpha value is -1.92. The summed E-state index contributed by atoms with van der Waals surface area (Å²) in [5.41, 5.74) is 0.136. The van der Waals surface area contributed by atoms with Crippen LogP contribution in [0.3, 0.4) is 0 Å². The van der Waals surface area contributed by atoms with E-state index in [1.165, 1.54) is 24.3 Å². The van der Waals surface area contributed by atoms with Crippen molar-refractivity contribution in [3.05, 3.63) is 50.9 Å². The van der Waals surface area contributed by atoms with Crippen LogP contribution in [-0.2, 0) is 0 Å². The molecule has 19 heavy (non-hydrogen) atoms. The van der Waals surface area contributed by atoms with Gasteiger partial charge in [-0.05, 0) is 30.3 Å². The number of carbonyl (C=O) groups excluding carboxylic acids is 1. The van der Waals surface area contributed by atoms with Gasteiger partial charge in [0.05, 0.1) is 15.6 Å². The van der Waals surface area contributed by atoms with Gasteiger partial charge in [0.2, 0.25) is 0 Å². The molecular weight excluding hydrogens is 293 g/mol. The van der Waals surface area contributed by atoms with Crippen molar-refractivity contribution < 1.29 is 19.1 Å². The molecule has 0 fully saturated rings. The molecule has 1 aromatic carbocycles. The fraction of sp³-hybridized carbons (Fsp3) is 0. The zero-order chi connectivity index (χ0) is 14.0. The first kappa shape index (κ1) is 13.5. The number of carbonyl (C=O) groups is 2. The van der Waals surface area contributed by atoms with E-state index in [-0.39, 0.29) is 20.5 Å². The normalized spacial score (nSPS) is 10.2. The number of hydrogen-bond acceptors (Lipinski definition) is 3. The highest BCUT2D eigenvalue weighted by Gasteiger charge is 2.14. The van der Waals surface area contributed by atoms with Crippen LogP contribution in [0.15, 0.2) is 30.3 Å². The maximum atomic E-state index is 13.0. The standard InChI is InChI=1S/C12H7ClFNO3S/c13-7-2-1-6(14)5-8(7)15-11(16)9-3-4-10(19-9)12(17)18/h1-5H,(H,15,16)(H,17,18). The number of halogens is 2. The monoisotopic (exact) mass is 299 g/mol. The maximum absolute atomic E-state index is 13.0. The summed E-state index contributed by atoms with van der Waals surface area (Å²) in [5.74, 6) is -2.17. The Balaban J connectivity index is 2.20. The van der Waals surface area contributed by atoms with Gasteiger partial charge in [0, 0.05) is 0 Å². The number of anilines is 1. The third-order valence-electron chi connectivity index (χ3n) is 2.22. The van der Waals surface area contributed by atoms with Crippen molar-refractivity contribution >= 4 is 40.5 Å². The smallest absolute Gasteiger partial charge is 0.345 e. The summed E-state index contributed by atoms with van der Waals surface area (Å²) in [6.45, 7) is 0. The molecule has 98 valence electrons. The molecule has 2 rings (SSSR count). The molecule has 2 N–H and O–H groups in total. The van der Waals surface area contributed by atoms with Crippen LogP contribution in [0.5, 0.6) is 0 Å². The number of aromatic carboxylic acids is 1. The Kier molecular flexibility index (Phi) is 3.82. The zero-order valence-corrected chi connectivity index (χ0v) is 10.9. The quantitative estimate of drug-likeness (QED) is 0.911. The third-order valence-corrected chi connectivity index (χ3v) is 3.62. The van der Waals surface area contributed by atoms with Crippen molar-refractivity contribution in [2.45, 2.75) is 0 Å². The molecule has 0 aliphatic carbocycles. The second-order valence-corrected chi connectivity index (χ2v) is 5.04. The van der Waals surface area contributed by atoms with Gasteiger partial charge in [-0.1, -0.05) is 11.6 Å². The van der Waals surface area contributed by atoms with E-state index >= 15 is 0 Å². The van der Waals surface area contributed by atoms with Crippen molar-refractivity contribution in [3.8, 4) is 0 Å². The highest BCUT2D eigenvalue weighted by molar-refractivity contribution is 7.16. The first-order valence-electron chi connectivity index (χ1n) is 5.07. The summed E-state index contributed by atoms with van der Waals surface area (Å²) < 4.78 is 13.0. The van der Waals surface area contributed by atoms with Crippen molar-refractivity contribution in [1.82, 2.24) is 0 Å². The highest BCUT2D eigenvalue weighted by atomic mass is 35.5. The van der Waals surface area contributed by atoms with E-state index in [4.69, 9.17) is 16.7 Å². The number of hydrogen-bond donors (Lipinski definition) is 2. The van der Waals surface area contributed by atoms with E-state index in [2.05, 4.69) is 5.32 Å². The SMILES string of the molecule is O=C(O)c1ccc(C(=O)Nc2cc(F)ccc2Cl)s1. The lowest BCUT2D eigenvalue weighted by atomic mass is 10.3. The molecule has 0 saturated carbocycles. The Labute approximate surface area is 116 Å². The fourth-order valence-electron chi connectivity index (χ4n) is 1.35. The zero-order valence-electron chi connectivity index (χ0n) is 9.31. The van der Waals surface area contributed by atoms with Gasteiger partial charge in [-0.3, -0.25) is 4.79 Å². The van der Waals surface area contributed by atoms with E-state index in [0.717, 1.165) is 17.4 Å². The lowest BCUT2D eigenvalue weighted by molar-refractivity contribution is 0.0702. The Morgan fingerprint density at radius 1 is 1.21 bits per heavy atom. The Morgan fingerprint density at radius 2 is 1.89 bits per heavy atom. The summed E-state index contributed by atoms with van der Waals surface area (Å²) in [6.07, 6.45) is 0. The molecule has 1 aromatic heterocycles. The fourth-order valence-corrected chi connectivity index (χ4v) is 2.26. The van der Waals surface area contributed by atoms with Crippen molar-refractivity contribution in [2.75, 3.05) is 5.32 Å². The largest absolute Gasteiger partial charge is 0.477 e. The third kappa shape index (κ3) is 3.10. The number of rotatable bonds is 3. The predicted molar refractivity (Wildman–Crippen MR) is 70.6 cm³/mol. The Bertz CT molecular complexity index is 656. The second-order valence-electron chi connectivity index (χ2n) is 3.55. The summed E-state index contributed by atoms with van der Waals surface area (Å²) in [4.78, 5) is 22.8. The van der Waals surface area contributed by atoms with Crippen LogP contribution in [0.1, 0.15) is 19.3 Å². The van der Waals surface area contributed by atoms with Crippen LogP contribution < -0.4 is 5.32 Å². The van der Waals surface area contributed by atoms with Crippen molar-refractivity contribution in [2.24, 2.45) is 0 Å². The average Bonchev–Trinajstić information content (AvgIpc) is 2.83. The van der Waals surface area contributed by atoms with Crippen LogP contribution in [-0.4, -0.2) is 17.0 Å². The summed E-state index contributed by atoms with van der Waals surface area (Å²) in [6, 6.07) is 6.30. The summed E-state index contributed by atoms with van der Waals surface area (Å²) >= 11 is 6.64. The molecule has 2 aromatic rings. The lowest BCUT2D eigenvalue weighted by Crippen LogP contribution is -2.10. The molecule has 0 atom stereocenters. The minimum atomic E-state index is -1.10. The topological polar surface area (TPSA) is 66.4 Å². The first-order valence-corrected chi connectivity index (χ1v) is 6.26. The first-order chi connectivity index (χ1) is 8.97. The summed E-state index contributed by atoms with van der Waals surface area (Å²) in [7, 11) is 0. The van der Waals surface area contributed by atoms with Gasteiger partial charge in [-0.15, -0.1) is 11.3 Å². The molecule has 4 nitrogen and oxygen atoms in total. The van der Waals surface area contributed by atoms with Crippen LogP contribution in [0, 0.1) is 5.82 Å². The molecule has 0 saturated heterocycles. The van der Waals surface area contributed by atoms with Gasteiger partial charge < -0.3 is 10.4 Å². The van der Waals surface area contributed by atoms with E-state index < -0.39 is 17.7 Å². The van der Waals surface area contributed by atoms with Crippen LogP contribution in [0.25, 0.3) is 0 Å². The molecule has 0 spiro atoms. The molecule has 7 heteroatoms. The van der Waals surface area contributed by atoms with Crippen LogP contribution in [0.2, 0.25) is 5.02 Å². The van der Waals surface area contributed by atoms with Crippen LogP contribution in [0.4, 0.5) is 10.1 Å². The molecule has 1 heterocycles. The number of benzene rings is 1. The van der Waals surface area contributed by atoms with Gasteiger partial charge in [-0.25, -0.2) is 9.18 Å². The second kappa shape index (κ2) is 5.38. The average molecular weight is 300 g/mol. The molecule has 0 aliphatic heterocycles. The van der Waals surface area contributed by atoms with Crippen molar-refractivity contribution in [1.29, 1.82) is 0 Å². The number of carboxylic acids is 1. The van der Waals surface area contributed by atoms with E-state index in [9.17, 15) is 14.0 Å². The number of amides is 1. The number of thiophene rings is 1. The molecule has 0 bridgehead atoms. The molecule has 0 aliphatic rings. The lowest BCUT2D eigenvalue weighted by Gasteiger charge is -2.05. The molecular formula is C12H7ClFNO3S. The minimum absolute atomic E-state index is 0.0514. The van der Waals surface area contributed by atoms with Gasteiger partial charge in [-0.2, -0.15) is 0 Å². The van der Waals surface area contributed by atoms with Gasteiger partial charge in [0.1, 0.15) is 10.7 Å². The predicted octanol–water partition coefficient (Wildman–Crippen LogP) is 3.49. The van der Waals surface area contributed by atoms with Gasteiger partial charge in [0.15, 0.2) is 0 Å². The van der Waals surface area contributed by atoms with E-state index in [1.54, 1.807) is 0 Å². The van der Waals surface area contributed by atoms with Gasteiger partial charge in [0.25, 0.3) is 5.91 Å². The van der Waals surface area contributed by atoms with Gasteiger partial charge >= 0.3 is 5.97 Å². The minimum Gasteiger partial charge on any atom is -0.477 e. The Morgan fingerprint density at radius 3 is 2.53 bits per heavy atom. The van der Waals surface area contributed by atoms with E-state index in [0.29, 0.717) is 0 Å². The maximum Gasteiger partial charge on any atom is 0.345 e. The van der Waals surface area contributed by atoms with Crippen LogP contribution >= 0.6 is 22.9 Å². The summed E-state index contributed by atoms with van der Waals surface area (Å²) in [5, 5.41) is 11.4.